The van der Waals surface area contributed by atoms with Crippen LogP contribution in [0, 0.1) is 5.92 Å². The number of hydrogen-bond acceptors (Lipinski definition) is 3. The van der Waals surface area contributed by atoms with Gasteiger partial charge >= 0.3 is 0 Å². The molecule has 1 fully saturated rings. The van der Waals surface area contributed by atoms with Gasteiger partial charge in [0, 0.05) is 30.3 Å². The molecule has 1 aliphatic rings. The van der Waals surface area contributed by atoms with Crippen molar-refractivity contribution in [3.8, 4) is 11.1 Å². The molecule has 0 aromatic heterocycles. The monoisotopic (exact) mass is 470 g/mol. The van der Waals surface area contributed by atoms with Crippen LogP contribution in [-0.2, 0) is 14.8 Å². The molecule has 1 saturated heterocycles. The lowest BCUT2D eigenvalue weighted by molar-refractivity contribution is -0.120. The molecule has 0 radical (unpaired) electrons. The van der Waals surface area contributed by atoms with Crippen molar-refractivity contribution in [1.29, 1.82) is 0 Å². The topological polar surface area (TPSA) is 66.5 Å². The predicted octanol–water partition coefficient (Wildman–Crippen LogP) is 5.55. The summed E-state index contributed by atoms with van der Waals surface area (Å²) in [5, 5.41) is 4.98. The summed E-state index contributed by atoms with van der Waals surface area (Å²) in [5.41, 5.74) is 2.77. The average molecular weight is 471 g/mol. The third-order valence-electron chi connectivity index (χ3n) is 6.45. The maximum absolute atomic E-state index is 13.2. The Bertz CT molecular complexity index is 1430. The molecule has 5 nitrogen and oxygen atoms in total. The first-order chi connectivity index (χ1) is 16.5. The van der Waals surface area contributed by atoms with Gasteiger partial charge in [-0.1, -0.05) is 78.9 Å². The van der Waals surface area contributed by atoms with Gasteiger partial charge in [-0.05, 0) is 47.4 Å². The molecule has 0 spiro atoms. The van der Waals surface area contributed by atoms with E-state index >= 15 is 0 Å². The molecule has 1 N–H and O–H groups in total. The summed E-state index contributed by atoms with van der Waals surface area (Å²) in [7, 11) is -3.60. The first-order valence-corrected chi connectivity index (χ1v) is 12.9. The van der Waals surface area contributed by atoms with Crippen LogP contribution in [0.3, 0.4) is 0 Å². The van der Waals surface area contributed by atoms with Gasteiger partial charge in [-0.3, -0.25) is 4.79 Å². The number of fused-ring (bicyclic) bond motifs is 1. The number of nitrogens with one attached hydrogen (secondary N) is 1. The normalized spacial score (nSPS) is 15.3. The second-order valence-electron chi connectivity index (χ2n) is 8.59. The van der Waals surface area contributed by atoms with E-state index in [0.717, 1.165) is 27.6 Å². The SMILES string of the molecule is O=C(Nc1ccccc1-c1ccccc1)C1CCN(S(=O)(=O)c2ccc3ccccc3c2)CC1. The zero-order valence-electron chi connectivity index (χ0n) is 18.7. The molecule has 5 rings (SSSR count). The summed E-state index contributed by atoms with van der Waals surface area (Å²) in [6.07, 6.45) is 0.984. The lowest BCUT2D eigenvalue weighted by Crippen LogP contribution is -2.41. The number of benzene rings is 4. The predicted molar refractivity (Wildman–Crippen MR) is 136 cm³/mol. The molecule has 1 amide bonds. The highest BCUT2D eigenvalue weighted by Crippen LogP contribution is 2.30. The first kappa shape index (κ1) is 22.3. The van der Waals surface area contributed by atoms with E-state index < -0.39 is 10.0 Å². The van der Waals surface area contributed by atoms with Crippen molar-refractivity contribution in [2.45, 2.75) is 17.7 Å². The standard InChI is InChI=1S/C28H26N2O3S/c31-28(29-27-13-7-6-12-26(27)22-9-2-1-3-10-22)23-16-18-30(19-17-23)34(32,33)25-15-14-21-8-4-5-11-24(21)20-25/h1-15,20,23H,16-19H2,(H,29,31). The maximum atomic E-state index is 13.2. The number of piperidine rings is 1. The van der Waals surface area contributed by atoms with Crippen LogP contribution in [0.2, 0.25) is 0 Å². The Balaban J connectivity index is 1.27. The smallest absolute Gasteiger partial charge is 0.243 e. The Labute approximate surface area is 200 Å². The Morgan fingerprint density at radius 1 is 0.765 bits per heavy atom. The lowest BCUT2D eigenvalue weighted by Gasteiger charge is -2.30. The summed E-state index contributed by atoms with van der Waals surface area (Å²) in [6, 6.07) is 30.6. The molecule has 4 aromatic carbocycles. The number of carbonyl (C=O) groups is 1. The van der Waals surface area contributed by atoms with Crippen molar-refractivity contribution >= 4 is 32.4 Å². The Kier molecular flexibility index (Phi) is 6.18. The van der Waals surface area contributed by atoms with E-state index in [1.807, 2.05) is 84.9 Å². The van der Waals surface area contributed by atoms with E-state index in [0.29, 0.717) is 30.8 Å². The number of para-hydroxylation sites is 1. The van der Waals surface area contributed by atoms with Gasteiger partial charge < -0.3 is 5.32 Å². The minimum Gasteiger partial charge on any atom is -0.325 e. The fraction of sp³-hybridized carbons (Fsp3) is 0.179. The average Bonchev–Trinajstić information content (AvgIpc) is 2.89. The number of rotatable bonds is 5. The number of sulfonamides is 1. The van der Waals surface area contributed by atoms with Gasteiger partial charge in [0.2, 0.25) is 15.9 Å². The van der Waals surface area contributed by atoms with Crippen LogP contribution in [0.1, 0.15) is 12.8 Å². The van der Waals surface area contributed by atoms with Gasteiger partial charge in [-0.25, -0.2) is 8.42 Å². The molecular weight excluding hydrogens is 444 g/mol. The van der Waals surface area contributed by atoms with Gasteiger partial charge in [0.1, 0.15) is 0 Å². The molecule has 172 valence electrons. The summed E-state index contributed by atoms with van der Waals surface area (Å²) in [5.74, 6) is -0.294. The number of nitrogens with zero attached hydrogens (tertiary/aromatic N) is 1. The highest BCUT2D eigenvalue weighted by Gasteiger charge is 2.32. The summed E-state index contributed by atoms with van der Waals surface area (Å²) >= 11 is 0. The van der Waals surface area contributed by atoms with Crippen molar-refractivity contribution in [2.24, 2.45) is 5.92 Å². The van der Waals surface area contributed by atoms with Gasteiger partial charge in [-0.2, -0.15) is 4.31 Å². The maximum Gasteiger partial charge on any atom is 0.243 e. The molecule has 0 saturated carbocycles. The molecular formula is C28H26N2O3S. The van der Waals surface area contributed by atoms with E-state index in [4.69, 9.17) is 0 Å². The second kappa shape index (κ2) is 9.41. The largest absolute Gasteiger partial charge is 0.325 e. The van der Waals surface area contributed by atoms with Crippen LogP contribution in [0.5, 0.6) is 0 Å². The zero-order chi connectivity index (χ0) is 23.5. The Hall–Kier alpha value is -3.48. The molecule has 1 aliphatic heterocycles. The van der Waals surface area contributed by atoms with Crippen LogP contribution in [0.4, 0.5) is 5.69 Å². The number of carbonyl (C=O) groups excluding carboxylic acids is 1. The summed E-state index contributed by atoms with van der Waals surface area (Å²) in [4.78, 5) is 13.3. The van der Waals surface area contributed by atoms with Crippen LogP contribution < -0.4 is 5.32 Å². The van der Waals surface area contributed by atoms with E-state index in [9.17, 15) is 13.2 Å². The van der Waals surface area contributed by atoms with Crippen molar-refractivity contribution in [2.75, 3.05) is 18.4 Å². The molecule has 0 unspecified atom stereocenters. The van der Waals surface area contributed by atoms with Crippen LogP contribution in [0.15, 0.2) is 102 Å². The van der Waals surface area contributed by atoms with Gasteiger partial charge in [0.25, 0.3) is 0 Å². The van der Waals surface area contributed by atoms with Gasteiger partial charge in [0.15, 0.2) is 0 Å². The number of hydrogen-bond donors (Lipinski definition) is 1. The van der Waals surface area contributed by atoms with Gasteiger partial charge in [-0.15, -0.1) is 0 Å². The molecule has 34 heavy (non-hydrogen) atoms. The van der Waals surface area contributed by atoms with Crippen molar-refractivity contribution in [3.05, 3.63) is 97.1 Å². The Morgan fingerprint density at radius 2 is 1.41 bits per heavy atom. The fourth-order valence-corrected chi connectivity index (χ4v) is 6.04. The summed E-state index contributed by atoms with van der Waals surface area (Å²) < 4.78 is 27.9. The zero-order valence-corrected chi connectivity index (χ0v) is 19.5. The molecule has 0 aliphatic carbocycles. The van der Waals surface area contributed by atoms with E-state index in [1.54, 1.807) is 12.1 Å². The van der Waals surface area contributed by atoms with Crippen LogP contribution in [0.25, 0.3) is 21.9 Å². The van der Waals surface area contributed by atoms with Crippen molar-refractivity contribution in [1.82, 2.24) is 4.31 Å². The van der Waals surface area contributed by atoms with E-state index in [2.05, 4.69) is 5.32 Å². The minimum absolute atomic E-state index is 0.0638. The third kappa shape index (κ3) is 4.47. The van der Waals surface area contributed by atoms with Gasteiger partial charge in [0.05, 0.1) is 4.90 Å². The summed E-state index contributed by atoms with van der Waals surface area (Å²) in [6.45, 7) is 0.654. The molecule has 1 heterocycles. The second-order valence-corrected chi connectivity index (χ2v) is 10.5. The lowest BCUT2D eigenvalue weighted by atomic mass is 9.96. The molecule has 4 aromatic rings. The highest BCUT2D eigenvalue weighted by molar-refractivity contribution is 7.89. The number of amides is 1. The fourth-order valence-electron chi connectivity index (χ4n) is 4.53. The highest BCUT2D eigenvalue weighted by atomic mass is 32.2. The molecule has 0 atom stereocenters. The minimum atomic E-state index is -3.60. The van der Waals surface area contributed by atoms with Crippen molar-refractivity contribution in [3.63, 3.8) is 0 Å². The van der Waals surface area contributed by atoms with E-state index in [1.165, 1.54) is 4.31 Å². The van der Waals surface area contributed by atoms with Crippen LogP contribution in [-0.4, -0.2) is 31.7 Å². The van der Waals surface area contributed by atoms with Crippen LogP contribution >= 0.6 is 0 Å². The number of anilines is 1. The van der Waals surface area contributed by atoms with E-state index in [-0.39, 0.29) is 11.8 Å². The quantitative estimate of drug-likeness (QED) is 0.416. The third-order valence-corrected chi connectivity index (χ3v) is 8.35. The van der Waals surface area contributed by atoms with Crippen molar-refractivity contribution < 1.29 is 13.2 Å². The molecule has 0 bridgehead atoms. The molecule has 6 heteroatoms. The first-order valence-electron chi connectivity index (χ1n) is 11.5. The Morgan fingerprint density at radius 3 is 2.18 bits per heavy atom.